The molecular weight excluding hydrogens is 368 g/mol. The normalized spacial score (nSPS) is 19.3. The molecule has 6 rings (SSSR count). The van der Waals surface area contributed by atoms with Gasteiger partial charge in [-0.15, -0.1) is 0 Å². The van der Waals surface area contributed by atoms with E-state index in [-0.39, 0.29) is 6.10 Å². The van der Waals surface area contributed by atoms with E-state index in [0.717, 1.165) is 37.2 Å². The molecule has 2 nitrogen and oxygen atoms in total. The van der Waals surface area contributed by atoms with E-state index in [2.05, 4.69) is 72.8 Å². The second-order valence-electron chi connectivity index (χ2n) is 8.29. The van der Waals surface area contributed by atoms with Gasteiger partial charge in [0.2, 0.25) is 0 Å². The van der Waals surface area contributed by atoms with Crippen LogP contribution in [0.25, 0.3) is 11.3 Å². The zero-order valence-electron chi connectivity index (χ0n) is 17.2. The first-order valence-corrected chi connectivity index (χ1v) is 10.8. The van der Waals surface area contributed by atoms with Crippen molar-refractivity contribution in [2.45, 2.75) is 31.8 Å². The fraction of sp³-hybridized carbons (Fsp3) is 0.214. The van der Waals surface area contributed by atoms with Crippen molar-refractivity contribution in [2.24, 2.45) is 0 Å². The van der Waals surface area contributed by atoms with E-state index in [9.17, 15) is 0 Å². The predicted molar refractivity (Wildman–Crippen MR) is 120 cm³/mol. The molecule has 0 N–H and O–H groups in total. The summed E-state index contributed by atoms with van der Waals surface area (Å²) in [6.45, 7) is 0. The minimum Gasteiger partial charge on any atom is -0.497 e. The van der Waals surface area contributed by atoms with Crippen molar-refractivity contribution < 1.29 is 9.47 Å². The Kier molecular flexibility index (Phi) is 4.05. The van der Waals surface area contributed by atoms with Crippen LogP contribution in [-0.2, 0) is 17.6 Å². The van der Waals surface area contributed by atoms with Crippen molar-refractivity contribution in [1.82, 2.24) is 0 Å². The van der Waals surface area contributed by atoms with Gasteiger partial charge in [0.1, 0.15) is 17.6 Å². The molecule has 1 aliphatic heterocycles. The summed E-state index contributed by atoms with van der Waals surface area (Å²) < 4.78 is 12.3. The van der Waals surface area contributed by atoms with Crippen LogP contribution >= 0.6 is 0 Å². The van der Waals surface area contributed by atoms with E-state index < -0.39 is 0 Å². The molecule has 0 radical (unpaired) electrons. The van der Waals surface area contributed by atoms with Crippen LogP contribution in [-0.4, -0.2) is 7.11 Å². The molecular formula is C28H24O2. The molecule has 0 saturated carbocycles. The summed E-state index contributed by atoms with van der Waals surface area (Å²) in [4.78, 5) is 0. The van der Waals surface area contributed by atoms with Crippen LogP contribution in [0, 0.1) is 0 Å². The first-order chi connectivity index (χ1) is 14.8. The molecule has 2 heteroatoms. The standard InChI is InChI=1S/C28H24O2/c1-29-21-14-10-20(11-15-21)26-24-16-12-18-6-2-4-8-22(18)27(24)30-28-23-9-5-3-7-19(23)13-17-25(26)28/h2-11,14-15,27H,12-13,16-17H2,1H3. The van der Waals surface area contributed by atoms with E-state index in [1.165, 1.54) is 44.5 Å². The third-order valence-electron chi connectivity index (χ3n) is 6.74. The smallest absolute Gasteiger partial charge is 0.146 e. The number of hydrogen-bond donors (Lipinski definition) is 0. The van der Waals surface area contributed by atoms with Crippen molar-refractivity contribution in [3.8, 4) is 5.75 Å². The highest BCUT2D eigenvalue weighted by molar-refractivity contribution is 5.93. The summed E-state index contributed by atoms with van der Waals surface area (Å²) in [5, 5.41) is 0. The molecule has 3 aromatic carbocycles. The number of benzene rings is 3. The van der Waals surface area contributed by atoms with Crippen LogP contribution < -0.4 is 4.74 Å². The quantitative estimate of drug-likeness (QED) is 0.494. The van der Waals surface area contributed by atoms with Crippen LogP contribution in [0.1, 0.15) is 46.8 Å². The zero-order valence-corrected chi connectivity index (χ0v) is 17.2. The summed E-state index contributed by atoms with van der Waals surface area (Å²) in [6.07, 6.45) is 4.20. The maximum atomic E-state index is 6.84. The first kappa shape index (κ1) is 17.6. The minimum atomic E-state index is -0.00282. The zero-order chi connectivity index (χ0) is 20.1. The average molecular weight is 392 g/mol. The Morgan fingerprint density at radius 2 is 1.50 bits per heavy atom. The largest absolute Gasteiger partial charge is 0.497 e. The molecule has 2 aliphatic carbocycles. The van der Waals surface area contributed by atoms with Crippen molar-refractivity contribution >= 4 is 11.3 Å². The predicted octanol–water partition coefficient (Wildman–Crippen LogP) is 6.52. The lowest BCUT2D eigenvalue weighted by atomic mass is 9.75. The second kappa shape index (κ2) is 6.91. The van der Waals surface area contributed by atoms with Gasteiger partial charge in [0, 0.05) is 11.1 Å². The second-order valence-corrected chi connectivity index (χ2v) is 8.29. The van der Waals surface area contributed by atoms with Crippen molar-refractivity contribution in [3.05, 3.63) is 112 Å². The monoisotopic (exact) mass is 392 g/mol. The molecule has 0 saturated heterocycles. The number of methoxy groups -OCH3 is 1. The van der Waals surface area contributed by atoms with Crippen LogP contribution in [0.3, 0.4) is 0 Å². The highest BCUT2D eigenvalue weighted by Gasteiger charge is 2.37. The maximum Gasteiger partial charge on any atom is 0.146 e. The Morgan fingerprint density at radius 1 is 0.767 bits per heavy atom. The number of hydrogen-bond acceptors (Lipinski definition) is 2. The summed E-state index contributed by atoms with van der Waals surface area (Å²) in [6, 6.07) is 26.0. The number of fused-ring (bicyclic) bond motifs is 5. The van der Waals surface area contributed by atoms with Gasteiger partial charge in [0.15, 0.2) is 0 Å². The maximum absolute atomic E-state index is 6.84. The van der Waals surface area contributed by atoms with Gasteiger partial charge >= 0.3 is 0 Å². The topological polar surface area (TPSA) is 18.5 Å². The third kappa shape index (κ3) is 2.64. The lowest BCUT2D eigenvalue weighted by Gasteiger charge is -2.39. The molecule has 1 atom stereocenters. The van der Waals surface area contributed by atoms with E-state index in [1.54, 1.807) is 7.11 Å². The van der Waals surface area contributed by atoms with Gasteiger partial charge in [-0.05, 0) is 71.2 Å². The molecule has 0 fully saturated rings. The molecule has 0 spiro atoms. The minimum absolute atomic E-state index is 0.00282. The molecule has 148 valence electrons. The van der Waals surface area contributed by atoms with Gasteiger partial charge < -0.3 is 9.47 Å². The van der Waals surface area contributed by atoms with Crippen LogP contribution in [0.15, 0.2) is 83.9 Å². The van der Waals surface area contributed by atoms with E-state index >= 15 is 0 Å². The molecule has 1 heterocycles. The van der Waals surface area contributed by atoms with E-state index in [4.69, 9.17) is 9.47 Å². The molecule has 0 bridgehead atoms. The Bertz CT molecular complexity index is 1200. The molecule has 1 unspecified atom stereocenters. The van der Waals surface area contributed by atoms with Crippen LogP contribution in [0.4, 0.5) is 0 Å². The Hall–Kier alpha value is -3.26. The van der Waals surface area contributed by atoms with Crippen molar-refractivity contribution in [1.29, 1.82) is 0 Å². The average Bonchev–Trinajstić information content (AvgIpc) is 2.82. The Labute approximate surface area is 177 Å². The number of ether oxygens (including phenoxy) is 2. The summed E-state index contributed by atoms with van der Waals surface area (Å²) in [7, 11) is 1.72. The fourth-order valence-electron chi connectivity index (χ4n) is 5.29. The number of allylic oxidation sites excluding steroid dienone is 2. The SMILES string of the molecule is COc1ccc(C2=C3CCc4ccccc4C3OC3=C2CCc2ccccc23)cc1. The number of aryl methyl sites for hydroxylation is 2. The Morgan fingerprint density at radius 3 is 2.33 bits per heavy atom. The summed E-state index contributed by atoms with van der Waals surface area (Å²) in [5.74, 6) is 1.97. The molecule has 0 aromatic heterocycles. The van der Waals surface area contributed by atoms with Gasteiger partial charge in [-0.2, -0.15) is 0 Å². The molecule has 0 amide bonds. The van der Waals surface area contributed by atoms with Crippen molar-refractivity contribution in [3.63, 3.8) is 0 Å². The molecule has 3 aliphatic rings. The number of rotatable bonds is 2. The van der Waals surface area contributed by atoms with Gasteiger partial charge in [-0.25, -0.2) is 0 Å². The van der Waals surface area contributed by atoms with Crippen molar-refractivity contribution in [2.75, 3.05) is 7.11 Å². The lowest BCUT2D eigenvalue weighted by Crippen LogP contribution is -2.23. The van der Waals surface area contributed by atoms with Gasteiger partial charge in [-0.3, -0.25) is 0 Å². The van der Waals surface area contributed by atoms with Crippen LogP contribution in [0.2, 0.25) is 0 Å². The summed E-state index contributed by atoms with van der Waals surface area (Å²) in [5.41, 5.74) is 10.8. The third-order valence-corrected chi connectivity index (χ3v) is 6.74. The van der Waals surface area contributed by atoms with Gasteiger partial charge in [0.25, 0.3) is 0 Å². The highest BCUT2D eigenvalue weighted by atomic mass is 16.5. The van der Waals surface area contributed by atoms with E-state index in [0.29, 0.717) is 0 Å². The van der Waals surface area contributed by atoms with E-state index in [1.807, 2.05) is 0 Å². The summed E-state index contributed by atoms with van der Waals surface area (Å²) >= 11 is 0. The fourth-order valence-corrected chi connectivity index (χ4v) is 5.29. The van der Waals surface area contributed by atoms with Gasteiger partial charge in [0.05, 0.1) is 7.11 Å². The Balaban J connectivity index is 1.59. The molecule has 30 heavy (non-hydrogen) atoms. The first-order valence-electron chi connectivity index (χ1n) is 10.8. The lowest BCUT2D eigenvalue weighted by molar-refractivity contribution is 0.187. The molecule has 3 aromatic rings. The van der Waals surface area contributed by atoms with Crippen LogP contribution in [0.5, 0.6) is 5.75 Å². The highest BCUT2D eigenvalue weighted by Crippen LogP contribution is 2.52. The van der Waals surface area contributed by atoms with Gasteiger partial charge in [-0.1, -0.05) is 60.7 Å².